The van der Waals surface area contributed by atoms with E-state index in [9.17, 15) is 27.9 Å². The van der Waals surface area contributed by atoms with E-state index in [1.165, 1.54) is 17.2 Å². The number of halogens is 4. The molecule has 7 nitrogen and oxygen atoms in total. The van der Waals surface area contributed by atoms with E-state index in [4.69, 9.17) is 21.7 Å². The second-order valence-corrected chi connectivity index (χ2v) is 7.37. The van der Waals surface area contributed by atoms with Gasteiger partial charge in [-0.25, -0.2) is 9.78 Å². The van der Waals surface area contributed by atoms with Gasteiger partial charge in [0.15, 0.2) is 5.69 Å². The van der Waals surface area contributed by atoms with E-state index >= 15 is 0 Å². The molecule has 156 valence electrons. The van der Waals surface area contributed by atoms with Gasteiger partial charge in [0.1, 0.15) is 5.76 Å². The number of carboxylic acid groups (broad SMARTS) is 1. The maximum atomic E-state index is 12.8. The third-order valence-electron chi connectivity index (χ3n) is 5.30. The van der Waals surface area contributed by atoms with Crippen LogP contribution >= 0.6 is 11.6 Å². The average Bonchev–Trinajstić information content (AvgIpc) is 2.98. The fraction of sp³-hybridized carbons (Fsp3) is 0.444. The van der Waals surface area contributed by atoms with Crippen molar-refractivity contribution in [2.45, 2.75) is 38.5 Å². The van der Waals surface area contributed by atoms with Crippen LogP contribution in [0.15, 0.2) is 23.1 Å². The van der Waals surface area contributed by atoms with Crippen LogP contribution in [0.4, 0.5) is 13.2 Å². The van der Waals surface area contributed by atoms with Crippen molar-refractivity contribution in [1.82, 2.24) is 9.88 Å². The number of rotatable bonds is 7. The van der Waals surface area contributed by atoms with Crippen molar-refractivity contribution >= 4 is 29.7 Å². The minimum absolute atomic E-state index is 0.0336. The number of ether oxygens (including phenoxy) is 1. The number of carbonyl (C=O) groups excluding carboxylic acids is 1. The molecule has 2 heterocycles. The van der Waals surface area contributed by atoms with Crippen LogP contribution in [-0.4, -0.2) is 51.9 Å². The summed E-state index contributed by atoms with van der Waals surface area (Å²) in [4.78, 5) is 29.4. The topological polar surface area (TPSA) is 104 Å². The molecular formula is C18H17ClF3N3O4. The number of hydrogen-bond donors (Lipinski definition) is 2. The molecule has 0 aromatic carbocycles. The normalized spacial score (nSPS) is 22.2. The Kier molecular flexibility index (Phi) is 5.33. The van der Waals surface area contributed by atoms with Crippen molar-refractivity contribution in [1.29, 1.82) is 5.41 Å². The molecule has 2 aliphatic rings. The SMILES string of the molecule is CC(N1Cc2c(ccnc2C(=O)O)C1=O)C1(C=N)CC(Cl)=C1OCCC(F)(F)F. The highest BCUT2D eigenvalue weighted by Crippen LogP contribution is 2.52. The lowest BCUT2D eigenvalue weighted by atomic mass is 9.69. The molecule has 0 fully saturated rings. The maximum absolute atomic E-state index is 12.8. The molecule has 2 unspecified atom stereocenters. The first-order valence-electron chi connectivity index (χ1n) is 8.64. The second-order valence-electron chi connectivity index (χ2n) is 6.91. The molecule has 1 amide bonds. The number of alkyl halides is 3. The molecule has 2 N–H and O–H groups in total. The monoisotopic (exact) mass is 431 g/mol. The Bertz CT molecular complexity index is 918. The molecule has 11 heteroatoms. The van der Waals surface area contributed by atoms with Crippen molar-refractivity contribution < 1.29 is 32.6 Å². The number of nitrogens with one attached hydrogen (secondary N) is 1. The van der Waals surface area contributed by atoms with E-state index < -0.39 is 42.5 Å². The van der Waals surface area contributed by atoms with E-state index in [0.717, 1.165) is 6.21 Å². The van der Waals surface area contributed by atoms with E-state index in [1.54, 1.807) is 6.92 Å². The maximum Gasteiger partial charge on any atom is 0.392 e. The van der Waals surface area contributed by atoms with Crippen LogP contribution in [0.1, 0.15) is 46.2 Å². The first kappa shape index (κ1) is 21.1. The predicted molar refractivity (Wildman–Crippen MR) is 95.9 cm³/mol. The summed E-state index contributed by atoms with van der Waals surface area (Å²) in [5, 5.41) is 17.3. The Morgan fingerprint density at radius 1 is 1.55 bits per heavy atom. The van der Waals surface area contributed by atoms with Gasteiger partial charge >= 0.3 is 12.1 Å². The molecule has 0 spiro atoms. The molecule has 1 aliphatic heterocycles. The number of amides is 1. The van der Waals surface area contributed by atoms with Crippen LogP contribution in [0.5, 0.6) is 0 Å². The molecule has 1 aromatic rings. The number of pyridine rings is 1. The quantitative estimate of drug-likeness (QED) is 0.642. The van der Waals surface area contributed by atoms with Gasteiger partial charge < -0.3 is 20.2 Å². The third kappa shape index (κ3) is 3.57. The number of allylic oxidation sites excluding steroid dienone is 1. The highest BCUT2D eigenvalue weighted by Gasteiger charge is 2.53. The van der Waals surface area contributed by atoms with Gasteiger partial charge in [-0.1, -0.05) is 11.6 Å². The highest BCUT2D eigenvalue weighted by molar-refractivity contribution is 6.31. The summed E-state index contributed by atoms with van der Waals surface area (Å²) in [5.41, 5.74) is -0.973. The van der Waals surface area contributed by atoms with Gasteiger partial charge in [-0.2, -0.15) is 13.2 Å². The molecule has 3 rings (SSSR count). The smallest absolute Gasteiger partial charge is 0.392 e. The highest BCUT2D eigenvalue weighted by atomic mass is 35.5. The number of carboxylic acids is 1. The lowest BCUT2D eigenvalue weighted by Gasteiger charge is -2.47. The number of hydrogen-bond acceptors (Lipinski definition) is 5. The zero-order valence-corrected chi connectivity index (χ0v) is 16.0. The van der Waals surface area contributed by atoms with E-state index in [2.05, 4.69) is 4.98 Å². The minimum atomic E-state index is -4.40. The summed E-state index contributed by atoms with van der Waals surface area (Å²) in [7, 11) is 0. The van der Waals surface area contributed by atoms with Crippen molar-refractivity contribution in [3.8, 4) is 0 Å². The number of aromatic nitrogens is 1. The molecular weight excluding hydrogens is 415 g/mol. The Morgan fingerprint density at radius 2 is 2.24 bits per heavy atom. The number of aromatic carboxylic acids is 1. The van der Waals surface area contributed by atoms with E-state index in [0.29, 0.717) is 0 Å². The van der Waals surface area contributed by atoms with Gasteiger partial charge in [0.2, 0.25) is 0 Å². The van der Waals surface area contributed by atoms with Gasteiger partial charge in [0.25, 0.3) is 5.91 Å². The Hall–Kier alpha value is -2.62. The zero-order valence-electron chi connectivity index (χ0n) is 15.2. The van der Waals surface area contributed by atoms with Crippen LogP contribution in [0.25, 0.3) is 0 Å². The number of fused-ring (bicyclic) bond motifs is 1. The van der Waals surface area contributed by atoms with Gasteiger partial charge in [-0.15, -0.1) is 0 Å². The first-order chi connectivity index (χ1) is 13.5. The van der Waals surface area contributed by atoms with Crippen LogP contribution < -0.4 is 0 Å². The van der Waals surface area contributed by atoms with Crippen LogP contribution in [0.3, 0.4) is 0 Å². The summed E-state index contributed by atoms with van der Waals surface area (Å²) in [6.07, 6.45) is -3.20. The molecule has 0 saturated heterocycles. The minimum Gasteiger partial charge on any atom is -0.495 e. The van der Waals surface area contributed by atoms with Gasteiger partial charge in [-0.05, 0) is 13.0 Å². The van der Waals surface area contributed by atoms with Crippen molar-refractivity contribution in [2.75, 3.05) is 6.61 Å². The molecule has 29 heavy (non-hydrogen) atoms. The number of nitrogens with zero attached hydrogens (tertiary/aromatic N) is 2. The van der Waals surface area contributed by atoms with Gasteiger partial charge in [-0.3, -0.25) is 4.79 Å². The lowest BCUT2D eigenvalue weighted by molar-refractivity contribution is -0.144. The van der Waals surface area contributed by atoms with Gasteiger partial charge in [0, 0.05) is 42.5 Å². The fourth-order valence-electron chi connectivity index (χ4n) is 3.64. The molecule has 0 bridgehead atoms. The van der Waals surface area contributed by atoms with Crippen LogP contribution in [0.2, 0.25) is 0 Å². The fourth-order valence-corrected chi connectivity index (χ4v) is 4.10. The van der Waals surface area contributed by atoms with Crippen molar-refractivity contribution in [2.24, 2.45) is 5.41 Å². The molecule has 2 atom stereocenters. The van der Waals surface area contributed by atoms with E-state index in [1.807, 2.05) is 0 Å². The molecule has 1 aromatic heterocycles. The molecule has 0 radical (unpaired) electrons. The standard InChI is InChI=1S/C18H17ClF3N3O4/c1-9(17(8-23)6-12(19)14(17)29-5-3-18(20,21)22)25-7-11-10(15(25)26)2-4-24-13(11)16(27)28/h2,4,8-9,23H,3,5-7H2,1H3,(H,27,28). The summed E-state index contributed by atoms with van der Waals surface area (Å²) >= 11 is 6.05. The Labute approximate surface area is 168 Å². The lowest BCUT2D eigenvalue weighted by Crippen LogP contribution is -2.52. The Balaban J connectivity index is 1.84. The summed E-state index contributed by atoms with van der Waals surface area (Å²) in [5.74, 6) is -1.68. The zero-order chi connectivity index (χ0) is 21.6. The first-order valence-corrected chi connectivity index (χ1v) is 9.02. The largest absolute Gasteiger partial charge is 0.495 e. The third-order valence-corrected chi connectivity index (χ3v) is 5.60. The Morgan fingerprint density at radius 3 is 2.79 bits per heavy atom. The van der Waals surface area contributed by atoms with E-state index in [-0.39, 0.29) is 40.6 Å². The molecule has 0 saturated carbocycles. The average molecular weight is 432 g/mol. The van der Waals surface area contributed by atoms with Crippen LogP contribution in [0, 0.1) is 10.8 Å². The second kappa shape index (κ2) is 7.33. The predicted octanol–water partition coefficient (Wildman–Crippen LogP) is 3.58. The molecule has 1 aliphatic carbocycles. The van der Waals surface area contributed by atoms with Crippen molar-refractivity contribution in [3.05, 3.63) is 39.9 Å². The number of carbonyl (C=O) groups is 2. The summed E-state index contributed by atoms with van der Waals surface area (Å²) in [6.45, 7) is 0.922. The van der Waals surface area contributed by atoms with Crippen molar-refractivity contribution in [3.63, 3.8) is 0 Å². The summed E-state index contributed by atoms with van der Waals surface area (Å²) in [6, 6.07) is 0.711. The van der Waals surface area contributed by atoms with Crippen LogP contribution in [-0.2, 0) is 11.3 Å². The summed E-state index contributed by atoms with van der Waals surface area (Å²) < 4.78 is 42.5. The van der Waals surface area contributed by atoms with Gasteiger partial charge in [0.05, 0.1) is 23.5 Å².